The number of para-hydroxylation sites is 1. The van der Waals surface area contributed by atoms with Gasteiger partial charge in [0.25, 0.3) is 0 Å². The van der Waals surface area contributed by atoms with Crippen LogP contribution in [0.1, 0.15) is 5.56 Å². The van der Waals surface area contributed by atoms with E-state index in [0.29, 0.717) is 12.4 Å². The molecule has 4 aromatic carbocycles. The first-order chi connectivity index (χ1) is 18.6. The zero-order valence-electron chi connectivity index (χ0n) is 20.7. The SMILES string of the molecule is O=c1n(-c2ccc(OCCN3CCc4cc(Br)ccc43)cc2)ccn1-c1ccc(Oc2ccccc2)cc1. The Bertz CT molecular complexity index is 1590. The smallest absolute Gasteiger partial charge is 0.337 e. The number of aromatic nitrogens is 2. The Morgan fingerprint density at radius 3 is 2.05 bits per heavy atom. The van der Waals surface area contributed by atoms with Gasteiger partial charge < -0.3 is 14.4 Å². The van der Waals surface area contributed by atoms with Crippen LogP contribution in [0.2, 0.25) is 0 Å². The number of halogens is 1. The van der Waals surface area contributed by atoms with Crippen molar-refractivity contribution in [1.29, 1.82) is 0 Å². The predicted molar refractivity (Wildman–Crippen MR) is 153 cm³/mol. The van der Waals surface area contributed by atoms with Crippen LogP contribution in [-0.4, -0.2) is 28.8 Å². The zero-order chi connectivity index (χ0) is 25.9. The molecule has 0 radical (unpaired) electrons. The highest BCUT2D eigenvalue weighted by Gasteiger charge is 2.18. The molecular weight excluding hydrogens is 542 g/mol. The molecule has 1 aliphatic heterocycles. The minimum atomic E-state index is -0.144. The fourth-order valence-electron chi connectivity index (χ4n) is 4.72. The van der Waals surface area contributed by atoms with Crippen LogP contribution in [0.25, 0.3) is 11.4 Å². The molecule has 0 unspecified atom stereocenters. The Balaban J connectivity index is 1.08. The largest absolute Gasteiger partial charge is 0.492 e. The first kappa shape index (κ1) is 24.1. The van der Waals surface area contributed by atoms with Gasteiger partial charge in [-0.2, -0.15) is 0 Å². The van der Waals surface area contributed by atoms with Gasteiger partial charge in [0.2, 0.25) is 0 Å². The molecule has 38 heavy (non-hydrogen) atoms. The quantitative estimate of drug-likeness (QED) is 0.211. The maximum absolute atomic E-state index is 13.1. The standard InChI is InChI=1S/C31H26BrN3O3/c32-24-6-15-30-23(22-24)16-17-33(30)20-21-37-27-11-7-25(8-12-27)34-18-19-35(31(34)36)26-9-13-29(14-10-26)38-28-4-2-1-3-5-28/h1-15,18-19,22H,16-17,20-21H2. The summed E-state index contributed by atoms with van der Waals surface area (Å²) in [5.74, 6) is 2.27. The molecule has 0 spiro atoms. The molecule has 0 aliphatic carbocycles. The molecule has 0 atom stereocenters. The van der Waals surface area contributed by atoms with E-state index in [-0.39, 0.29) is 5.69 Å². The van der Waals surface area contributed by atoms with Gasteiger partial charge in [0.05, 0.1) is 17.9 Å². The lowest BCUT2D eigenvalue weighted by atomic mass is 10.2. The van der Waals surface area contributed by atoms with E-state index in [1.165, 1.54) is 11.3 Å². The molecule has 0 fully saturated rings. The van der Waals surface area contributed by atoms with Crippen LogP contribution >= 0.6 is 15.9 Å². The van der Waals surface area contributed by atoms with Gasteiger partial charge in [0.1, 0.15) is 23.9 Å². The number of fused-ring (bicyclic) bond motifs is 1. The van der Waals surface area contributed by atoms with Crippen molar-refractivity contribution in [2.24, 2.45) is 0 Å². The predicted octanol–water partition coefficient (Wildman–Crippen LogP) is 6.62. The fourth-order valence-corrected chi connectivity index (χ4v) is 5.13. The van der Waals surface area contributed by atoms with Crippen molar-refractivity contribution in [3.63, 3.8) is 0 Å². The highest BCUT2D eigenvalue weighted by Crippen LogP contribution is 2.30. The number of anilines is 1. The van der Waals surface area contributed by atoms with E-state index in [2.05, 4.69) is 39.0 Å². The van der Waals surface area contributed by atoms with E-state index in [1.54, 1.807) is 21.5 Å². The lowest BCUT2D eigenvalue weighted by Gasteiger charge is -2.19. The van der Waals surface area contributed by atoms with Crippen molar-refractivity contribution in [1.82, 2.24) is 9.13 Å². The van der Waals surface area contributed by atoms with Crippen molar-refractivity contribution in [3.8, 4) is 28.6 Å². The first-order valence-electron chi connectivity index (χ1n) is 12.5. The molecule has 5 aromatic rings. The van der Waals surface area contributed by atoms with Gasteiger partial charge in [-0.25, -0.2) is 4.79 Å². The van der Waals surface area contributed by atoms with Gasteiger partial charge in [-0.15, -0.1) is 0 Å². The zero-order valence-corrected chi connectivity index (χ0v) is 22.3. The average molecular weight is 568 g/mol. The average Bonchev–Trinajstić information content (AvgIpc) is 3.53. The lowest BCUT2D eigenvalue weighted by molar-refractivity contribution is 0.324. The normalized spacial score (nSPS) is 12.4. The molecule has 0 saturated heterocycles. The molecule has 0 saturated carbocycles. The monoisotopic (exact) mass is 567 g/mol. The van der Waals surface area contributed by atoms with Crippen LogP contribution in [0.5, 0.6) is 17.2 Å². The van der Waals surface area contributed by atoms with E-state index in [4.69, 9.17) is 9.47 Å². The molecule has 190 valence electrons. The second-order valence-electron chi connectivity index (χ2n) is 9.08. The molecule has 1 aromatic heterocycles. The Labute approximate surface area is 229 Å². The summed E-state index contributed by atoms with van der Waals surface area (Å²) in [6.07, 6.45) is 4.60. The number of rotatable bonds is 8. The van der Waals surface area contributed by atoms with Gasteiger partial charge in [0.15, 0.2) is 0 Å². The summed E-state index contributed by atoms with van der Waals surface area (Å²) >= 11 is 3.55. The third kappa shape index (κ3) is 5.10. The Hall–Kier alpha value is -4.23. The molecule has 6 rings (SSSR count). The first-order valence-corrected chi connectivity index (χ1v) is 13.3. The topological polar surface area (TPSA) is 48.6 Å². The lowest BCUT2D eigenvalue weighted by Crippen LogP contribution is -2.26. The van der Waals surface area contributed by atoms with Crippen LogP contribution in [0.4, 0.5) is 5.69 Å². The number of hydrogen-bond acceptors (Lipinski definition) is 4. The number of imidazole rings is 1. The summed E-state index contributed by atoms with van der Waals surface area (Å²) < 4.78 is 16.2. The summed E-state index contributed by atoms with van der Waals surface area (Å²) in [5.41, 5.74) is 4.07. The summed E-state index contributed by atoms with van der Waals surface area (Å²) in [7, 11) is 0. The summed E-state index contributed by atoms with van der Waals surface area (Å²) in [5, 5.41) is 0. The third-order valence-corrected chi connectivity index (χ3v) is 7.14. The van der Waals surface area contributed by atoms with Gasteiger partial charge in [-0.05, 0) is 90.8 Å². The molecule has 7 heteroatoms. The van der Waals surface area contributed by atoms with E-state index in [1.807, 2.05) is 78.9 Å². The molecule has 0 N–H and O–H groups in total. The third-order valence-electron chi connectivity index (χ3n) is 6.65. The van der Waals surface area contributed by atoms with Crippen LogP contribution in [0, 0.1) is 0 Å². The summed E-state index contributed by atoms with van der Waals surface area (Å²) in [6.45, 7) is 2.43. The second kappa shape index (κ2) is 10.6. The molecule has 1 aliphatic rings. The van der Waals surface area contributed by atoms with Crippen LogP contribution in [-0.2, 0) is 6.42 Å². The Kier molecular flexibility index (Phi) is 6.75. The van der Waals surface area contributed by atoms with Gasteiger partial charge in [-0.1, -0.05) is 34.1 Å². The maximum atomic E-state index is 13.1. The maximum Gasteiger partial charge on any atom is 0.337 e. The van der Waals surface area contributed by atoms with Gasteiger partial charge >= 0.3 is 5.69 Å². The van der Waals surface area contributed by atoms with E-state index in [9.17, 15) is 4.79 Å². The molecule has 6 nitrogen and oxygen atoms in total. The van der Waals surface area contributed by atoms with Crippen molar-refractivity contribution >= 4 is 21.6 Å². The van der Waals surface area contributed by atoms with Gasteiger partial charge in [-0.3, -0.25) is 9.13 Å². The van der Waals surface area contributed by atoms with Gasteiger partial charge in [0, 0.05) is 29.1 Å². The van der Waals surface area contributed by atoms with Crippen molar-refractivity contribution < 1.29 is 9.47 Å². The number of ether oxygens (including phenoxy) is 2. The van der Waals surface area contributed by atoms with Crippen molar-refractivity contribution in [3.05, 3.63) is 130 Å². The molecular formula is C31H26BrN3O3. The summed E-state index contributed by atoms with van der Waals surface area (Å²) in [4.78, 5) is 15.5. The highest BCUT2D eigenvalue weighted by atomic mass is 79.9. The fraction of sp³-hybridized carbons (Fsp3) is 0.129. The van der Waals surface area contributed by atoms with E-state index in [0.717, 1.165) is 46.9 Å². The number of hydrogen-bond donors (Lipinski definition) is 0. The molecule has 0 amide bonds. The molecule has 2 heterocycles. The van der Waals surface area contributed by atoms with Crippen molar-refractivity contribution in [2.45, 2.75) is 6.42 Å². The van der Waals surface area contributed by atoms with Crippen molar-refractivity contribution in [2.75, 3.05) is 24.6 Å². The number of nitrogens with zero attached hydrogens (tertiary/aromatic N) is 3. The van der Waals surface area contributed by atoms with E-state index >= 15 is 0 Å². The van der Waals surface area contributed by atoms with Crippen LogP contribution in [0.3, 0.4) is 0 Å². The number of benzene rings is 4. The Morgan fingerprint density at radius 2 is 1.37 bits per heavy atom. The highest BCUT2D eigenvalue weighted by molar-refractivity contribution is 9.10. The van der Waals surface area contributed by atoms with E-state index < -0.39 is 0 Å². The van der Waals surface area contributed by atoms with Crippen LogP contribution < -0.4 is 20.1 Å². The molecule has 0 bridgehead atoms. The second-order valence-corrected chi connectivity index (χ2v) is 10.00. The summed E-state index contributed by atoms with van der Waals surface area (Å²) in [6, 6.07) is 31.1. The minimum absolute atomic E-state index is 0.144. The minimum Gasteiger partial charge on any atom is -0.492 e. The van der Waals surface area contributed by atoms with Crippen LogP contribution in [0.15, 0.2) is 119 Å². The Morgan fingerprint density at radius 1 is 0.737 bits per heavy atom.